The first-order chi connectivity index (χ1) is 14.1. The van der Waals surface area contributed by atoms with Gasteiger partial charge in [0.05, 0.1) is 5.25 Å². The molecule has 0 bridgehead atoms. The maximum absolute atomic E-state index is 13.3. The van der Waals surface area contributed by atoms with E-state index in [0.29, 0.717) is 30.5 Å². The van der Waals surface area contributed by atoms with Crippen LogP contribution >= 0.6 is 11.8 Å². The van der Waals surface area contributed by atoms with Crippen LogP contribution in [0.1, 0.15) is 20.3 Å². The molecular weight excluding hydrogens is 389 g/mol. The van der Waals surface area contributed by atoms with Gasteiger partial charge in [-0.05, 0) is 44.5 Å². The zero-order chi connectivity index (χ0) is 20.6. The van der Waals surface area contributed by atoms with Crippen LogP contribution in [0.25, 0.3) is 22.0 Å². The standard InChI is InChI=1S/C22H24FN3O2S/c1-3-28-14-6-13-24-21(27)15(2)29-22-19-8-5-4-7-18(19)20(25-26-22)16-9-11-17(23)12-10-16/h4-5,7-12,15H,3,6,13-14H2,1-2H3,(H,24,27). The first kappa shape index (κ1) is 21.2. The van der Waals surface area contributed by atoms with Crippen molar-refractivity contribution in [3.63, 3.8) is 0 Å². The third-order valence-electron chi connectivity index (χ3n) is 4.40. The predicted octanol–water partition coefficient (Wildman–Crippen LogP) is 4.46. The van der Waals surface area contributed by atoms with Crippen molar-refractivity contribution in [3.05, 3.63) is 54.3 Å². The number of nitrogens with zero attached hydrogens (tertiary/aromatic N) is 2. The van der Waals surface area contributed by atoms with E-state index in [1.165, 1.54) is 23.9 Å². The van der Waals surface area contributed by atoms with E-state index < -0.39 is 0 Å². The van der Waals surface area contributed by atoms with E-state index in [9.17, 15) is 9.18 Å². The van der Waals surface area contributed by atoms with Gasteiger partial charge in [-0.1, -0.05) is 36.0 Å². The monoisotopic (exact) mass is 413 g/mol. The Morgan fingerprint density at radius 3 is 2.59 bits per heavy atom. The number of aromatic nitrogens is 2. The molecule has 0 saturated heterocycles. The molecule has 2 aromatic carbocycles. The lowest BCUT2D eigenvalue weighted by Crippen LogP contribution is -2.32. The van der Waals surface area contributed by atoms with Gasteiger partial charge in [-0.2, -0.15) is 0 Å². The number of nitrogens with one attached hydrogen (secondary N) is 1. The van der Waals surface area contributed by atoms with Gasteiger partial charge in [-0.3, -0.25) is 4.79 Å². The highest BCUT2D eigenvalue weighted by Crippen LogP contribution is 2.33. The Balaban J connectivity index is 1.76. The second-order valence-electron chi connectivity index (χ2n) is 6.51. The van der Waals surface area contributed by atoms with E-state index in [1.54, 1.807) is 12.1 Å². The zero-order valence-corrected chi connectivity index (χ0v) is 17.3. The summed E-state index contributed by atoms with van der Waals surface area (Å²) in [7, 11) is 0. The molecule has 3 rings (SSSR count). The van der Waals surface area contributed by atoms with Crippen molar-refractivity contribution in [2.24, 2.45) is 0 Å². The fourth-order valence-electron chi connectivity index (χ4n) is 2.88. The molecule has 1 amide bonds. The molecule has 0 fully saturated rings. The van der Waals surface area contributed by atoms with Crippen LogP contribution in [0.15, 0.2) is 53.6 Å². The number of carbonyl (C=O) groups excluding carboxylic acids is 1. The van der Waals surface area contributed by atoms with Crippen LogP contribution in [0.5, 0.6) is 0 Å². The third kappa shape index (κ3) is 5.52. The van der Waals surface area contributed by atoms with Crippen LogP contribution in [-0.2, 0) is 9.53 Å². The van der Waals surface area contributed by atoms with Crippen molar-refractivity contribution >= 4 is 28.4 Å². The summed E-state index contributed by atoms with van der Waals surface area (Å²) in [6, 6.07) is 14.0. The fraction of sp³-hybridized carbons (Fsp3) is 0.318. The van der Waals surface area contributed by atoms with Crippen LogP contribution in [0, 0.1) is 5.82 Å². The van der Waals surface area contributed by atoms with Gasteiger partial charge in [-0.15, -0.1) is 10.2 Å². The van der Waals surface area contributed by atoms with E-state index in [4.69, 9.17) is 4.74 Å². The molecule has 1 heterocycles. The van der Waals surface area contributed by atoms with Crippen molar-refractivity contribution in [1.29, 1.82) is 0 Å². The molecule has 0 aliphatic rings. The molecule has 0 aliphatic carbocycles. The van der Waals surface area contributed by atoms with Crippen molar-refractivity contribution in [1.82, 2.24) is 15.5 Å². The van der Waals surface area contributed by atoms with Gasteiger partial charge >= 0.3 is 0 Å². The SMILES string of the molecule is CCOCCCNC(=O)C(C)Sc1nnc(-c2ccc(F)cc2)c2ccccc12. The smallest absolute Gasteiger partial charge is 0.233 e. The van der Waals surface area contributed by atoms with Gasteiger partial charge < -0.3 is 10.1 Å². The number of carbonyl (C=O) groups is 1. The normalized spacial score (nSPS) is 12.1. The molecule has 0 aliphatic heterocycles. The van der Waals surface area contributed by atoms with Crippen molar-refractivity contribution in [3.8, 4) is 11.3 Å². The fourth-order valence-corrected chi connectivity index (χ4v) is 3.80. The van der Waals surface area contributed by atoms with Crippen molar-refractivity contribution in [2.45, 2.75) is 30.5 Å². The number of benzene rings is 2. The molecule has 0 saturated carbocycles. The van der Waals surface area contributed by atoms with E-state index in [2.05, 4.69) is 15.5 Å². The summed E-state index contributed by atoms with van der Waals surface area (Å²) in [5.41, 5.74) is 1.49. The maximum Gasteiger partial charge on any atom is 0.233 e. The zero-order valence-electron chi connectivity index (χ0n) is 16.5. The highest BCUT2D eigenvalue weighted by molar-refractivity contribution is 8.00. The topological polar surface area (TPSA) is 64.1 Å². The number of hydrogen-bond acceptors (Lipinski definition) is 5. The molecule has 1 atom stereocenters. The van der Waals surface area contributed by atoms with E-state index in [-0.39, 0.29) is 17.0 Å². The maximum atomic E-state index is 13.3. The highest BCUT2D eigenvalue weighted by Gasteiger charge is 2.18. The van der Waals surface area contributed by atoms with E-state index in [1.807, 2.05) is 38.1 Å². The Labute approximate surface area is 174 Å². The first-order valence-corrected chi connectivity index (χ1v) is 10.5. The number of hydrogen-bond donors (Lipinski definition) is 1. The minimum atomic E-state index is -0.309. The van der Waals surface area contributed by atoms with E-state index >= 15 is 0 Å². The van der Waals surface area contributed by atoms with E-state index in [0.717, 1.165) is 22.8 Å². The van der Waals surface area contributed by atoms with Crippen LogP contribution in [0.3, 0.4) is 0 Å². The largest absolute Gasteiger partial charge is 0.382 e. The summed E-state index contributed by atoms with van der Waals surface area (Å²) in [5.74, 6) is -0.334. The summed E-state index contributed by atoms with van der Waals surface area (Å²) in [6.45, 7) is 5.70. The van der Waals surface area contributed by atoms with Gasteiger partial charge in [0.25, 0.3) is 0 Å². The predicted molar refractivity (Wildman–Crippen MR) is 114 cm³/mol. The molecule has 3 aromatic rings. The highest BCUT2D eigenvalue weighted by atomic mass is 32.2. The van der Waals surface area contributed by atoms with Gasteiger partial charge in [0.15, 0.2) is 0 Å². The molecule has 29 heavy (non-hydrogen) atoms. The quantitative estimate of drug-likeness (QED) is 0.414. The average Bonchev–Trinajstić information content (AvgIpc) is 2.74. The van der Waals surface area contributed by atoms with Crippen LogP contribution in [-0.4, -0.2) is 41.1 Å². The molecule has 1 N–H and O–H groups in total. The Bertz CT molecular complexity index is 966. The van der Waals surface area contributed by atoms with Crippen LogP contribution in [0.4, 0.5) is 4.39 Å². The number of fused-ring (bicyclic) bond motifs is 1. The summed E-state index contributed by atoms with van der Waals surface area (Å²) in [5, 5.41) is 13.9. The minimum Gasteiger partial charge on any atom is -0.382 e. The number of amides is 1. The summed E-state index contributed by atoms with van der Waals surface area (Å²) < 4.78 is 18.5. The summed E-state index contributed by atoms with van der Waals surface area (Å²) in [6.07, 6.45) is 0.784. The Kier molecular flexibility index (Phi) is 7.55. The van der Waals surface area contributed by atoms with Gasteiger partial charge in [0, 0.05) is 36.1 Å². The molecule has 5 nitrogen and oxygen atoms in total. The Morgan fingerprint density at radius 1 is 1.14 bits per heavy atom. The Hall–Kier alpha value is -2.51. The number of rotatable bonds is 9. The van der Waals surface area contributed by atoms with Crippen molar-refractivity contribution < 1.29 is 13.9 Å². The third-order valence-corrected chi connectivity index (χ3v) is 5.49. The molecule has 0 spiro atoms. The second-order valence-corrected chi connectivity index (χ2v) is 7.84. The summed E-state index contributed by atoms with van der Waals surface area (Å²) >= 11 is 1.38. The number of ether oxygens (including phenoxy) is 1. The van der Waals surface area contributed by atoms with Crippen LogP contribution in [0.2, 0.25) is 0 Å². The first-order valence-electron chi connectivity index (χ1n) is 9.63. The lowest BCUT2D eigenvalue weighted by molar-refractivity contribution is -0.120. The summed E-state index contributed by atoms with van der Waals surface area (Å²) in [4.78, 5) is 12.4. The molecule has 1 unspecified atom stereocenters. The number of thioether (sulfide) groups is 1. The molecule has 0 radical (unpaired) electrons. The van der Waals surface area contributed by atoms with Gasteiger partial charge in [0.2, 0.25) is 5.91 Å². The van der Waals surface area contributed by atoms with Crippen LogP contribution < -0.4 is 5.32 Å². The second kappa shape index (κ2) is 10.3. The molecule has 152 valence electrons. The molecule has 1 aromatic heterocycles. The van der Waals surface area contributed by atoms with Crippen molar-refractivity contribution in [2.75, 3.05) is 19.8 Å². The Morgan fingerprint density at radius 2 is 1.86 bits per heavy atom. The number of halogens is 1. The lowest BCUT2D eigenvalue weighted by Gasteiger charge is -2.13. The molecular formula is C22H24FN3O2S. The minimum absolute atomic E-state index is 0.0417. The molecule has 7 heteroatoms. The lowest BCUT2D eigenvalue weighted by atomic mass is 10.1. The van der Waals surface area contributed by atoms with Gasteiger partial charge in [0.1, 0.15) is 16.5 Å². The van der Waals surface area contributed by atoms with Gasteiger partial charge in [-0.25, -0.2) is 4.39 Å². The average molecular weight is 414 g/mol.